The number of aromatic nitrogens is 4. The average Bonchev–Trinajstić information content (AvgIpc) is 3.25. The summed E-state index contributed by atoms with van der Waals surface area (Å²) in [5, 5.41) is 7.46. The third-order valence-corrected chi connectivity index (χ3v) is 4.22. The van der Waals surface area contributed by atoms with Gasteiger partial charge in [0, 0.05) is 25.2 Å². The minimum atomic E-state index is -4.67. The smallest absolute Gasteiger partial charge is 0.345 e. The zero-order chi connectivity index (χ0) is 18.2. The lowest BCUT2D eigenvalue weighted by Gasteiger charge is -2.07. The first-order valence-corrected chi connectivity index (χ1v) is 7.80. The van der Waals surface area contributed by atoms with Crippen molar-refractivity contribution in [3.05, 3.63) is 40.9 Å². The molecule has 11 heteroatoms. The standard InChI is InChI=1S/C14H12F3N5O2S/c1-21(2)12(23)8-5-18-22(6-8)7-9-3-4-10(25-9)11-19-13(24-20-11)14(15,16)17/h3-6H,7H2,1-2H3. The Morgan fingerprint density at radius 3 is 2.76 bits per heavy atom. The van der Waals surface area contributed by atoms with E-state index in [1.165, 1.54) is 22.4 Å². The molecular formula is C14H12F3N5O2S. The van der Waals surface area contributed by atoms with Gasteiger partial charge in [-0.1, -0.05) is 5.16 Å². The Morgan fingerprint density at radius 1 is 1.36 bits per heavy atom. The number of rotatable bonds is 4. The largest absolute Gasteiger partial charge is 0.471 e. The summed E-state index contributed by atoms with van der Waals surface area (Å²) in [7, 11) is 3.29. The molecule has 0 spiro atoms. The van der Waals surface area contributed by atoms with Crippen LogP contribution < -0.4 is 0 Å². The first kappa shape index (κ1) is 17.1. The van der Waals surface area contributed by atoms with E-state index in [4.69, 9.17) is 0 Å². The second-order valence-corrected chi connectivity index (χ2v) is 6.48. The Balaban J connectivity index is 1.74. The van der Waals surface area contributed by atoms with Gasteiger partial charge in [-0.15, -0.1) is 11.3 Å². The predicted molar refractivity (Wildman–Crippen MR) is 82.0 cm³/mol. The van der Waals surface area contributed by atoms with Crippen LogP contribution in [0.5, 0.6) is 0 Å². The minimum absolute atomic E-state index is 0.118. The highest BCUT2D eigenvalue weighted by Crippen LogP contribution is 2.31. The summed E-state index contributed by atoms with van der Waals surface area (Å²) in [4.78, 5) is 17.9. The van der Waals surface area contributed by atoms with Crippen molar-refractivity contribution >= 4 is 17.2 Å². The Morgan fingerprint density at radius 2 is 2.12 bits per heavy atom. The van der Waals surface area contributed by atoms with Crippen molar-refractivity contribution in [1.82, 2.24) is 24.8 Å². The number of hydrogen-bond donors (Lipinski definition) is 0. The molecule has 0 fully saturated rings. The van der Waals surface area contributed by atoms with Crippen LogP contribution in [0, 0.1) is 0 Å². The third-order valence-electron chi connectivity index (χ3n) is 3.15. The zero-order valence-corrected chi connectivity index (χ0v) is 13.9. The Hall–Kier alpha value is -2.69. The van der Waals surface area contributed by atoms with Gasteiger partial charge in [0.1, 0.15) is 0 Å². The summed E-state index contributed by atoms with van der Waals surface area (Å²) >= 11 is 1.22. The number of thiophene rings is 1. The molecule has 0 radical (unpaired) electrons. The van der Waals surface area contributed by atoms with E-state index < -0.39 is 12.1 Å². The van der Waals surface area contributed by atoms with Crippen LogP contribution >= 0.6 is 11.3 Å². The molecule has 0 unspecified atom stereocenters. The second-order valence-electron chi connectivity index (χ2n) is 5.31. The molecule has 0 aliphatic carbocycles. The monoisotopic (exact) mass is 371 g/mol. The first-order valence-electron chi connectivity index (χ1n) is 6.98. The van der Waals surface area contributed by atoms with Gasteiger partial charge in [0.2, 0.25) is 5.82 Å². The van der Waals surface area contributed by atoms with E-state index in [9.17, 15) is 18.0 Å². The maximum Gasteiger partial charge on any atom is 0.471 e. The number of alkyl halides is 3. The van der Waals surface area contributed by atoms with Crippen molar-refractivity contribution in [2.75, 3.05) is 14.1 Å². The first-order chi connectivity index (χ1) is 11.7. The van der Waals surface area contributed by atoms with Crippen LogP contribution in [0.4, 0.5) is 13.2 Å². The maximum absolute atomic E-state index is 12.5. The topological polar surface area (TPSA) is 77.0 Å². The molecule has 0 N–H and O–H groups in total. The molecule has 25 heavy (non-hydrogen) atoms. The maximum atomic E-state index is 12.5. The molecule has 0 saturated heterocycles. The highest BCUT2D eigenvalue weighted by Gasteiger charge is 2.38. The van der Waals surface area contributed by atoms with Crippen molar-refractivity contribution in [2.24, 2.45) is 0 Å². The van der Waals surface area contributed by atoms with Crippen LogP contribution in [0.15, 0.2) is 29.0 Å². The summed E-state index contributed by atoms with van der Waals surface area (Å²) in [6.45, 7) is 0.370. The number of amides is 1. The molecule has 0 bridgehead atoms. The Labute approximate surface area is 143 Å². The van der Waals surface area contributed by atoms with Gasteiger partial charge in [0.25, 0.3) is 5.91 Å². The molecule has 0 atom stereocenters. The van der Waals surface area contributed by atoms with Crippen LogP contribution in [0.3, 0.4) is 0 Å². The molecule has 0 aliphatic rings. The minimum Gasteiger partial charge on any atom is -0.345 e. The zero-order valence-electron chi connectivity index (χ0n) is 13.1. The average molecular weight is 371 g/mol. The fourth-order valence-electron chi connectivity index (χ4n) is 2.00. The Bertz CT molecular complexity index is 896. The second kappa shape index (κ2) is 6.31. The fraction of sp³-hybridized carbons (Fsp3) is 0.286. The van der Waals surface area contributed by atoms with E-state index in [0.717, 1.165) is 4.88 Å². The molecular weight excluding hydrogens is 359 g/mol. The fourth-order valence-corrected chi connectivity index (χ4v) is 2.93. The van der Waals surface area contributed by atoms with Crippen LogP contribution in [0.1, 0.15) is 21.1 Å². The predicted octanol–water partition coefficient (Wildman–Crippen LogP) is 2.76. The van der Waals surface area contributed by atoms with E-state index in [1.807, 2.05) is 0 Å². The van der Waals surface area contributed by atoms with Gasteiger partial charge in [0.15, 0.2) is 0 Å². The third kappa shape index (κ3) is 3.71. The number of nitrogens with zero attached hydrogens (tertiary/aromatic N) is 5. The van der Waals surface area contributed by atoms with Crippen molar-refractivity contribution in [1.29, 1.82) is 0 Å². The van der Waals surface area contributed by atoms with E-state index >= 15 is 0 Å². The highest BCUT2D eigenvalue weighted by molar-refractivity contribution is 7.15. The van der Waals surface area contributed by atoms with Gasteiger partial charge < -0.3 is 9.42 Å². The van der Waals surface area contributed by atoms with Gasteiger partial charge >= 0.3 is 12.1 Å². The molecule has 3 rings (SSSR count). The van der Waals surface area contributed by atoms with Crippen molar-refractivity contribution in [3.63, 3.8) is 0 Å². The number of halogens is 3. The van der Waals surface area contributed by atoms with Gasteiger partial charge in [-0.2, -0.15) is 23.3 Å². The van der Waals surface area contributed by atoms with E-state index in [1.54, 1.807) is 37.1 Å². The summed E-state index contributed by atoms with van der Waals surface area (Å²) in [5.41, 5.74) is 0.453. The summed E-state index contributed by atoms with van der Waals surface area (Å²) in [5.74, 6) is -1.66. The number of carbonyl (C=O) groups excluding carboxylic acids is 1. The Kier molecular flexibility index (Phi) is 4.33. The number of hydrogen-bond acceptors (Lipinski definition) is 6. The summed E-state index contributed by atoms with van der Waals surface area (Å²) < 4.78 is 43.3. The van der Waals surface area contributed by atoms with Gasteiger partial charge in [-0.3, -0.25) is 9.48 Å². The van der Waals surface area contributed by atoms with Gasteiger partial charge in [0.05, 0.1) is 23.2 Å². The van der Waals surface area contributed by atoms with E-state index in [2.05, 4.69) is 19.8 Å². The molecule has 132 valence electrons. The van der Waals surface area contributed by atoms with E-state index in [-0.39, 0.29) is 11.7 Å². The van der Waals surface area contributed by atoms with Crippen LogP contribution in [0.25, 0.3) is 10.7 Å². The van der Waals surface area contributed by atoms with Crippen molar-refractivity contribution in [2.45, 2.75) is 12.7 Å². The van der Waals surface area contributed by atoms with Gasteiger partial charge in [-0.25, -0.2) is 0 Å². The van der Waals surface area contributed by atoms with Crippen LogP contribution in [-0.2, 0) is 12.7 Å². The lowest BCUT2D eigenvalue weighted by molar-refractivity contribution is -0.159. The molecule has 3 heterocycles. The van der Waals surface area contributed by atoms with Crippen molar-refractivity contribution < 1.29 is 22.5 Å². The van der Waals surface area contributed by atoms with E-state index in [0.29, 0.717) is 17.0 Å². The molecule has 3 aromatic heterocycles. The highest BCUT2D eigenvalue weighted by atomic mass is 32.1. The quantitative estimate of drug-likeness (QED) is 0.705. The summed E-state index contributed by atoms with van der Waals surface area (Å²) in [6.07, 6.45) is -1.60. The van der Waals surface area contributed by atoms with Crippen LogP contribution in [0.2, 0.25) is 0 Å². The molecule has 0 aliphatic heterocycles. The summed E-state index contributed by atoms with van der Waals surface area (Å²) in [6, 6.07) is 3.35. The molecule has 0 aromatic carbocycles. The normalized spacial score (nSPS) is 11.7. The lowest BCUT2D eigenvalue weighted by Crippen LogP contribution is -2.21. The number of carbonyl (C=O) groups is 1. The molecule has 3 aromatic rings. The van der Waals surface area contributed by atoms with Gasteiger partial charge in [-0.05, 0) is 12.1 Å². The van der Waals surface area contributed by atoms with Crippen LogP contribution in [-0.4, -0.2) is 44.8 Å². The molecule has 0 saturated carbocycles. The molecule has 7 nitrogen and oxygen atoms in total. The van der Waals surface area contributed by atoms with Crippen molar-refractivity contribution in [3.8, 4) is 10.7 Å². The molecule has 1 amide bonds. The lowest BCUT2D eigenvalue weighted by atomic mass is 10.3. The SMILES string of the molecule is CN(C)C(=O)c1cnn(Cc2ccc(-c3noc(C(F)(F)F)n3)s2)c1.